The fourth-order valence-electron chi connectivity index (χ4n) is 3.68. The van der Waals surface area contributed by atoms with Gasteiger partial charge in [0.15, 0.2) is 0 Å². The van der Waals surface area contributed by atoms with Crippen LogP contribution in [0.25, 0.3) is 10.9 Å². The number of nitrogens with zero attached hydrogens (tertiary/aromatic N) is 1. The molecule has 2 saturated heterocycles. The van der Waals surface area contributed by atoms with Crippen molar-refractivity contribution in [1.82, 2.24) is 9.88 Å². The average molecular weight is 300 g/mol. The van der Waals surface area contributed by atoms with Crippen LogP contribution in [0.3, 0.4) is 0 Å². The van der Waals surface area contributed by atoms with Crippen molar-refractivity contribution >= 4 is 16.8 Å². The quantitative estimate of drug-likeness (QED) is 0.925. The zero-order valence-corrected chi connectivity index (χ0v) is 12.7. The van der Waals surface area contributed by atoms with Gasteiger partial charge in [-0.15, -0.1) is 0 Å². The van der Waals surface area contributed by atoms with Gasteiger partial charge in [-0.3, -0.25) is 4.79 Å². The normalized spacial score (nSPS) is 28.0. The molecule has 1 amide bonds. The van der Waals surface area contributed by atoms with Crippen molar-refractivity contribution in [1.29, 1.82) is 0 Å². The molecule has 1 aromatic carbocycles. The van der Waals surface area contributed by atoms with Crippen LogP contribution < -0.4 is 0 Å². The highest BCUT2D eigenvalue weighted by Gasteiger charge is 2.47. The number of benzene rings is 1. The molecular formula is C17H20N2O3. The summed E-state index contributed by atoms with van der Waals surface area (Å²) in [5.41, 5.74) is 1.54. The van der Waals surface area contributed by atoms with E-state index >= 15 is 0 Å². The van der Waals surface area contributed by atoms with Crippen molar-refractivity contribution in [2.45, 2.75) is 24.5 Å². The Labute approximate surface area is 129 Å². The molecule has 5 nitrogen and oxygen atoms in total. The number of fused-ring (bicyclic) bond motifs is 1. The average Bonchev–Trinajstić information content (AvgIpc) is 3.26. The molecule has 1 spiro atoms. The first-order chi connectivity index (χ1) is 10.7. The predicted molar refractivity (Wildman–Crippen MR) is 82.9 cm³/mol. The maximum atomic E-state index is 12.8. The van der Waals surface area contributed by atoms with Crippen LogP contribution in [-0.2, 0) is 9.47 Å². The summed E-state index contributed by atoms with van der Waals surface area (Å²) in [6, 6.07) is 7.90. The largest absolute Gasteiger partial charge is 0.379 e. The molecule has 2 atom stereocenters. The van der Waals surface area contributed by atoms with Gasteiger partial charge in [0.25, 0.3) is 5.91 Å². The minimum absolute atomic E-state index is 0.0822. The molecule has 0 bridgehead atoms. The van der Waals surface area contributed by atoms with E-state index in [2.05, 4.69) is 4.98 Å². The SMILES string of the molecule is CO[C@H]1CO[C@]2(CCN(C(=O)c3c[nH]c4ccccc34)C2)C1. The van der Waals surface area contributed by atoms with Crippen LogP contribution in [0.15, 0.2) is 30.5 Å². The van der Waals surface area contributed by atoms with Gasteiger partial charge < -0.3 is 19.4 Å². The van der Waals surface area contributed by atoms with Gasteiger partial charge in [0.05, 0.1) is 30.4 Å². The summed E-state index contributed by atoms with van der Waals surface area (Å²) in [5.74, 6) is 0.0822. The second-order valence-corrected chi connectivity index (χ2v) is 6.28. The molecule has 0 aliphatic carbocycles. The monoisotopic (exact) mass is 300 g/mol. The summed E-state index contributed by atoms with van der Waals surface area (Å²) < 4.78 is 11.4. The highest BCUT2D eigenvalue weighted by atomic mass is 16.6. The van der Waals surface area contributed by atoms with Gasteiger partial charge in [-0.1, -0.05) is 18.2 Å². The van der Waals surface area contributed by atoms with Crippen LogP contribution >= 0.6 is 0 Å². The Morgan fingerprint density at radius 1 is 1.45 bits per heavy atom. The number of carbonyl (C=O) groups is 1. The van der Waals surface area contributed by atoms with Crippen LogP contribution in [0, 0.1) is 0 Å². The predicted octanol–water partition coefficient (Wildman–Crippen LogP) is 2.19. The topological polar surface area (TPSA) is 54.6 Å². The number of aromatic nitrogens is 1. The van der Waals surface area contributed by atoms with Crippen LogP contribution in [0.5, 0.6) is 0 Å². The van der Waals surface area contributed by atoms with Crippen LogP contribution in [-0.4, -0.2) is 54.3 Å². The summed E-state index contributed by atoms with van der Waals surface area (Å²) in [4.78, 5) is 17.9. The number of carbonyl (C=O) groups excluding carboxylic acids is 1. The number of likely N-dealkylation sites (tertiary alicyclic amines) is 1. The van der Waals surface area contributed by atoms with Crippen molar-refractivity contribution in [3.8, 4) is 0 Å². The van der Waals surface area contributed by atoms with E-state index in [0.29, 0.717) is 13.2 Å². The third-order valence-electron chi connectivity index (χ3n) is 4.93. The lowest BCUT2D eigenvalue weighted by Crippen LogP contribution is -2.36. The number of amides is 1. The van der Waals surface area contributed by atoms with E-state index in [-0.39, 0.29) is 17.6 Å². The second kappa shape index (κ2) is 5.11. The van der Waals surface area contributed by atoms with Crippen molar-refractivity contribution in [2.24, 2.45) is 0 Å². The van der Waals surface area contributed by atoms with Crippen molar-refractivity contribution in [2.75, 3.05) is 26.8 Å². The van der Waals surface area contributed by atoms with E-state index in [4.69, 9.17) is 9.47 Å². The third-order valence-corrected chi connectivity index (χ3v) is 4.93. The number of para-hydroxylation sites is 1. The molecule has 0 unspecified atom stereocenters. The molecule has 2 aliphatic rings. The molecule has 2 aliphatic heterocycles. The van der Waals surface area contributed by atoms with Gasteiger partial charge in [0.1, 0.15) is 0 Å². The van der Waals surface area contributed by atoms with Crippen LogP contribution in [0.1, 0.15) is 23.2 Å². The molecule has 1 aromatic heterocycles. The van der Waals surface area contributed by atoms with Crippen molar-refractivity contribution < 1.29 is 14.3 Å². The summed E-state index contributed by atoms with van der Waals surface area (Å²) in [6.07, 6.45) is 3.73. The Kier molecular flexibility index (Phi) is 3.20. The van der Waals surface area contributed by atoms with Gasteiger partial charge in [-0.25, -0.2) is 0 Å². The molecule has 1 N–H and O–H groups in total. The second-order valence-electron chi connectivity index (χ2n) is 6.28. The highest BCUT2D eigenvalue weighted by Crippen LogP contribution is 2.36. The van der Waals surface area contributed by atoms with Gasteiger partial charge in [0, 0.05) is 37.2 Å². The molecule has 2 aromatic rings. The van der Waals surface area contributed by atoms with E-state index in [1.54, 1.807) is 7.11 Å². The fraction of sp³-hybridized carbons (Fsp3) is 0.471. The minimum Gasteiger partial charge on any atom is -0.379 e. The minimum atomic E-state index is -0.206. The first-order valence-corrected chi connectivity index (χ1v) is 7.73. The van der Waals surface area contributed by atoms with E-state index in [1.807, 2.05) is 35.4 Å². The summed E-state index contributed by atoms with van der Waals surface area (Å²) >= 11 is 0. The van der Waals surface area contributed by atoms with E-state index in [1.165, 1.54) is 0 Å². The zero-order chi connectivity index (χ0) is 15.2. The van der Waals surface area contributed by atoms with E-state index < -0.39 is 0 Å². The fourth-order valence-corrected chi connectivity index (χ4v) is 3.68. The standard InChI is InChI=1S/C17H20N2O3/c1-21-12-8-17(22-10-12)6-7-19(11-17)16(20)14-9-18-15-5-3-2-4-13(14)15/h2-5,9,12,18H,6-8,10-11H2,1H3/t12-,17-/m1/s1. The van der Waals surface area contributed by atoms with E-state index in [9.17, 15) is 4.79 Å². The molecule has 22 heavy (non-hydrogen) atoms. The van der Waals surface area contributed by atoms with E-state index in [0.717, 1.165) is 35.9 Å². The lowest BCUT2D eigenvalue weighted by molar-refractivity contribution is 0.00704. The maximum absolute atomic E-state index is 12.8. The van der Waals surface area contributed by atoms with Gasteiger partial charge in [-0.05, 0) is 12.5 Å². The highest BCUT2D eigenvalue weighted by molar-refractivity contribution is 6.06. The number of hydrogen-bond donors (Lipinski definition) is 1. The van der Waals surface area contributed by atoms with Gasteiger partial charge in [0.2, 0.25) is 0 Å². The molecule has 3 heterocycles. The molecule has 0 saturated carbocycles. The number of aromatic amines is 1. The Bertz CT molecular complexity index is 711. The lowest BCUT2D eigenvalue weighted by Gasteiger charge is -2.23. The van der Waals surface area contributed by atoms with Crippen molar-refractivity contribution in [3.63, 3.8) is 0 Å². The molecule has 4 rings (SSSR count). The molecule has 0 radical (unpaired) electrons. The van der Waals surface area contributed by atoms with Crippen molar-refractivity contribution in [3.05, 3.63) is 36.0 Å². The third kappa shape index (κ3) is 2.12. The molecular weight excluding hydrogens is 280 g/mol. The Balaban J connectivity index is 1.55. The first kappa shape index (κ1) is 13.8. The number of rotatable bonds is 2. The van der Waals surface area contributed by atoms with Crippen LogP contribution in [0.4, 0.5) is 0 Å². The first-order valence-electron chi connectivity index (χ1n) is 7.73. The summed E-state index contributed by atoms with van der Waals surface area (Å²) in [6.45, 7) is 2.03. The molecule has 2 fully saturated rings. The maximum Gasteiger partial charge on any atom is 0.256 e. The summed E-state index contributed by atoms with van der Waals surface area (Å²) in [5, 5.41) is 0.982. The zero-order valence-electron chi connectivity index (χ0n) is 12.7. The number of methoxy groups -OCH3 is 1. The van der Waals surface area contributed by atoms with Gasteiger partial charge in [-0.2, -0.15) is 0 Å². The molecule has 5 heteroatoms. The summed E-state index contributed by atoms with van der Waals surface area (Å²) in [7, 11) is 1.72. The van der Waals surface area contributed by atoms with Crippen LogP contribution in [0.2, 0.25) is 0 Å². The Morgan fingerprint density at radius 3 is 3.14 bits per heavy atom. The number of hydrogen-bond acceptors (Lipinski definition) is 3. The smallest absolute Gasteiger partial charge is 0.256 e. The van der Waals surface area contributed by atoms with Gasteiger partial charge >= 0.3 is 0 Å². The number of ether oxygens (including phenoxy) is 2. The number of H-pyrrole nitrogens is 1. The number of nitrogens with one attached hydrogen (secondary N) is 1. The lowest BCUT2D eigenvalue weighted by atomic mass is 9.98. The molecule has 116 valence electrons. The Hall–Kier alpha value is -1.85. The Morgan fingerprint density at radius 2 is 2.32 bits per heavy atom.